The molecule has 0 spiro atoms. The van der Waals surface area contributed by atoms with Crippen molar-refractivity contribution in [1.29, 1.82) is 0 Å². The topological polar surface area (TPSA) is 64.1 Å². The summed E-state index contributed by atoms with van der Waals surface area (Å²) in [5.74, 6) is 0.930. The molecule has 0 aliphatic carbocycles. The van der Waals surface area contributed by atoms with Crippen molar-refractivity contribution in [3.05, 3.63) is 17.3 Å². The van der Waals surface area contributed by atoms with Crippen LogP contribution in [0.5, 0.6) is 0 Å². The molecule has 1 rings (SSSR count). The lowest BCUT2D eigenvalue weighted by atomic mass is 10.2. The van der Waals surface area contributed by atoms with Crippen molar-refractivity contribution in [2.24, 2.45) is 5.92 Å². The van der Waals surface area contributed by atoms with Crippen molar-refractivity contribution < 1.29 is 13.9 Å². The second kappa shape index (κ2) is 11.5. The summed E-state index contributed by atoms with van der Waals surface area (Å²) in [6, 6.07) is 0. The number of rotatable bonds is 6. The normalized spacial score (nSPS) is 10.9. The maximum atomic E-state index is 13.3. The minimum absolute atomic E-state index is 0.0182. The first-order valence-electron chi connectivity index (χ1n) is 7.72. The van der Waals surface area contributed by atoms with Crippen molar-refractivity contribution in [3.8, 4) is 0 Å². The van der Waals surface area contributed by atoms with Crippen LogP contribution in [0.1, 0.15) is 41.5 Å². The number of anilines is 1. The molecule has 0 atom stereocenters. The van der Waals surface area contributed by atoms with Gasteiger partial charge < -0.3 is 10.1 Å². The Labute approximate surface area is 153 Å². The van der Waals surface area contributed by atoms with Gasteiger partial charge in [0.1, 0.15) is 5.60 Å². The Balaban J connectivity index is 0.00000118. The molecule has 0 saturated carbocycles. The number of thioether (sulfide) groups is 1. The molecule has 1 aromatic heterocycles. The molecular weight excluding hydrogens is 353 g/mol. The number of carbonyl (C=O) groups is 1. The molecule has 138 valence electrons. The molecule has 0 saturated heterocycles. The van der Waals surface area contributed by atoms with Gasteiger partial charge in [0.05, 0.1) is 11.9 Å². The van der Waals surface area contributed by atoms with Gasteiger partial charge in [-0.15, -0.1) is 11.8 Å². The molecule has 0 aromatic carbocycles. The van der Waals surface area contributed by atoms with E-state index in [1.54, 1.807) is 0 Å². The first-order valence-corrected chi connectivity index (χ1v) is 9.26. The molecule has 24 heavy (non-hydrogen) atoms. The maximum absolute atomic E-state index is 13.3. The van der Waals surface area contributed by atoms with Crippen molar-refractivity contribution >= 4 is 35.1 Å². The second-order valence-corrected chi connectivity index (χ2v) is 8.08. The smallest absolute Gasteiger partial charge is 0.316 e. The zero-order chi connectivity index (χ0) is 18.8. The van der Waals surface area contributed by atoms with E-state index in [-0.39, 0.29) is 22.8 Å². The summed E-state index contributed by atoms with van der Waals surface area (Å²) in [5, 5.41) is 2.77. The number of esters is 1. The highest BCUT2D eigenvalue weighted by Gasteiger charge is 2.15. The highest BCUT2D eigenvalue weighted by Crippen LogP contribution is 2.13. The highest BCUT2D eigenvalue weighted by atomic mass is 35.5. The SMILES string of the molecule is CC(C)(C)OC(=O)CSCCNc1nc(Cl)ncc1F.CC(C)C. The summed E-state index contributed by atoms with van der Waals surface area (Å²) in [6.07, 6.45) is 1.01. The molecule has 5 nitrogen and oxygen atoms in total. The lowest BCUT2D eigenvalue weighted by Crippen LogP contribution is -2.25. The number of nitrogens with zero attached hydrogens (tertiary/aromatic N) is 2. The first kappa shape index (κ1) is 22.9. The van der Waals surface area contributed by atoms with E-state index < -0.39 is 11.4 Å². The third kappa shape index (κ3) is 13.4. The molecule has 1 N–H and O–H groups in total. The van der Waals surface area contributed by atoms with Gasteiger partial charge in [-0.25, -0.2) is 9.37 Å². The van der Waals surface area contributed by atoms with Crippen molar-refractivity contribution in [1.82, 2.24) is 9.97 Å². The van der Waals surface area contributed by atoms with Crippen molar-refractivity contribution in [2.75, 3.05) is 23.4 Å². The fraction of sp³-hybridized carbons (Fsp3) is 0.688. The van der Waals surface area contributed by atoms with Gasteiger partial charge in [-0.2, -0.15) is 4.98 Å². The molecule has 0 unspecified atom stereocenters. The van der Waals surface area contributed by atoms with Gasteiger partial charge in [0.25, 0.3) is 0 Å². The lowest BCUT2D eigenvalue weighted by molar-refractivity contribution is -0.151. The number of hydrogen-bond acceptors (Lipinski definition) is 6. The second-order valence-electron chi connectivity index (χ2n) is 6.63. The Morgan fingerprint density at radius 3 is 2.54 bits per heavy atom. The Hall–Kier alpha value is -1.08. The molecule has 8 heteroatoms. The van der Waals surface area contributed by atoms with Crippen LogP contribution in [0.3, 0.4) is 0 Å². The number of ether oxygens (including phenoxy) is 1. The molecule has 0 amide bonds. The highest BCUT2D eigenvalue weighted by molar-refractivity contribution is 7.99. The zero-order valence-electron chi connectivity index (χ0n) is 15.2. The van der Waals surface area contributed by atoms with E-state index in [9.17, 15) is 9.18 Å². The van der Waals surface area contributed by atoms with Crippen LogP contribution in [0.15, 0.2) is 6.20 Å². The number of nitrogens with one attached hydrogen (secondary N) is 1. The Kier molecular flexibility index (Phi) is 11.0. The number of aromatic nitrogens is 2. The summed E-state index contributed by atoms with van der Waals surface area (Å²) in [6.45, 7) is 12.4. The average Bonchev–Trinajstić information content (AvgIpc) is 2.39. The monoisotopic (exact) mass is 379 g/mol. The lowest BCUT2D eigenvalue weighted by Gasteiger charge is -2.19. The van der Waals surface area contributed by atoms with Gasteiger partial charge in [-0.1, -0.05) is 20.8 Å². The van der Waals surface area contributed by atoms with Crippen molar-refractivity contribution in [2.45, 2.75) is 47.1 Å². The van der Waals surface area contributed by atoms with E-state index in [1.807, 2.05) is 20.8 Å². The molecule has 0 radical (unpaired) electrons. The fourth-order valence-corrected chi connectivity index (χ4v) is 1.99. The van der Waals surface area contributed by atoms with Gasteiger partial charge >= 0.3 is 5.97 Å². The predicted molar refractivity (Wildman–Crippen MR) is 99.2 cm³/mol. The van der Waals surface area contributed by atoms with E-state index in [2.05, 4.69) is 36.1 Å². The van der Waals surface area contributed by atoms with Crippen molar-refractivity contribution in [3.63, 3.8) is 0 Å². The van der Waals surface area contributed by atoms with Gasteiger partial charge in [0, 0.05) is 12.3 Å². The minimum Gasteiger partial charge on any atom is -0.459 e. The maximum Gasteiger partial charge on any atom is 0.316 e. The van der Waals surface area contributed by atoms with Crippen LogP contribution < -0.4 is 5.32 Å². The largest absolute Gasteiger partial charge is 0.459 e. The van der Waals surface area contributed by atoms with E-state index in [1.165, 1.54) is 11.8 Å². The number of carbonyl (C=O) groups excluding carboxylic acids is 1. The van der Waals surface area contributed by atoms with Crippen LogP contribution in [-0.4, -0.2) is 39.6 Å². The number of hydrogen-bond donors (Lipinski definition) is 1. The molecule has 1 aromatic rings. The van der Waals surface area contributed by atoms with Crippen LogP contribution in [0.4, 0.5) is 10.2 Å². The van der Waals surface area contributed by atoms with Crippen LogP contribution in [0, 0.1) is 11.7 Å². The van der Waals surface area contributed by atoms with Gasteiger partial charge in [-0.05, 0) is 38.3 Å². The fourth-order valence-electron chi connectivity index (χ4n) is 1.24. The third-order valence-corrected chi connectivity index (χ3v) is 3.01. The molecule has 0 aliphatic rings. The van der Waals surface area contributed by atoms with Gasteiger partial charge in [-0.3, -0.25) is 4.79 Å². The first-order chi connectivity index (χ1) is 11.0. The van der Waals surface area contributed by atoms with E-state index in [0.717, 1.165) is 12.1 Å². The Morgan fingerprint density at radius 2 is 2.00 bits per heavy atom. The summed E-state index contributed by atoms with van der Waals surface area (Å²) in [4.78, 5) is 18.7. The molecular formula is C16H27ClFN3O2S. The van der Waals surface area contributed by atoms with E-state index in [4.69, 9.17) is 16.3 Å². The quantitative estimate of drug-likeness (QED) is 0.448. The zero-order valence-corrected chi connectivity index (χ0v) is 16.7. The van der Waals surface area contributed by atoms with Gasteiger partial charge in [0.15, 0.2) is 11.6 Å². The van der Waals surface area contributed by atoms with E-state index in [0.29, 0.717) is 12.3 Å². The van der Waals surface area contributed by atoms with Crippen LogP contribution in [-0.2, 0) is 9.53 Å². The Bertz CT molecular complexity index is 508. The van der Waals surface area contributed by atoms with Crippen LogP contribution >= 0.6 is 23.4 Å². The third-order valence-electron chi connectivity index (χ3n) is 1.89. The average molecular weight is 380 g/mol. The molecule has 0 fully saturated rings. The minimum atomic E-state index is -0.563. The molecule has 0 bridgehead atoms. The Morgan fingerprint density at radius 1 is 1.42 bits per heavy atom. The van der Waals surface area contributed by atoms with Crippen LogP contribution in [0.2, 0.25) is 5.28 Å². The molecule has 0 aliphatic heterocycles. The standard InChI is InChI=1S/C12H17ClFN3O2S.C4H10/c1-12(2,3)19-9(18)7-20-5-4-15-10-8(14)6-16-11(13)17-10;1-4(2)3/h6H,4-5,7H2,1-3H3,(H,15,16,17);4H,1-3H3. The molecule has 1 heterocycles. The van der Waals surface area contributed by atoms with E-state index >= 15 is 0 Å². The summed E-state index contributed by atoms with van der Waals surface area (Å²) in [5.41, 5.74) is -0.475. The van der Waals surface area contributed by atoms with Crippen LogP contribution in [0.25, 0.3) is 0 Å². The number of halogens is 2. The summed E-state index contributed by atoms with van der Waals surface area (Å²) < 4.78 is 18.4. The predicted octanol–water partition coefficient (Wildman–Crippen LogP) is 4.42. The summed E-state index contributed by atoms with van der Waals surface area (Å²) >= 11 is 6.96. The van der Waals surface area contributed by atoms with Gasteiger partial charge in [0.2, 0.25) is 5.28 Å². The summed E-state index contributed by atoms with van der Waals surface area (Å²) in [7, 11) is 0.